The van der Waals surface area contributed by atoms with Crippen molar-refractivity contribution in [1.29, 1.82) is 0 Å². The second-order valence-electron chi connectivity index (χ2n) is 4.53. The number of hydrogen-bond donors (Lipinski definition) is 1. The van der Waals surface area contributed by atoms with Crippen LogP contribution in [0.2, 0.25) is 5.02 Å². The number of nitrogens with two attached hydrogens (primary N) is 1. The second-order valence-corrected chi connectivity index (χ2v) is 4.94. The number of benzene rings is 1. The van der Waals surface area contributed by atoms with E-state index in [1.54, 1.807) is 7.11 Å². The maximum Gasteiger partial charge on any atom is 0.0637 e. The van der Waals surface area contributed by atoms with Crippen molar-refractivity contribution in [3.05, 3.63) is 28.8 Å². The van der Waals surface area contributed by atoms with Crippen LogP contribution in [0.15, 0.2) is 18.2 Å². The molecule has 0 heterocycles. The molecule has 3 nitrogen and oxygen atoms in total. The fourth-order valence-electron chi connectivity index (χ4n) is 1.92. The summed E-state index contributed by atoms with van der Waals surface area (Å²) >= 11 is 6.30. The lowest BCUT2D eigenvalue weighted by atomic mass is 10.1. The lowest BCUT2D eigenvalue weighted by Gasteiger charge is -2.23. The molecule has 0 aliphatic carbocycles. The Kier molecular flexibility index (Phi) is 6.47. The van der Waals surface area contributed by atoms with Crippen LogP contribution in [0, 0.1) is 0 Å². The minimum absolute atomic E-state index is 0.129. The van der Waals surface area contributed by atoms with Gasteiger partial charge in [0.15, 0.2) is 0 Å². The average Bonchev–Trinajstić information content (AvgIpc) is 2.33. The molecule has 0 bridgehead atoms. The Morgan fingerprint density at radius 1 is 1.44 bits per heavy atom. The van der Waals surface area contributed by atoms with Crippen LogP contribution in [0.3, 0.4) is 0 Å². The number of rotatable bonds is 7. The van der Waals surface area contributed by atoms with Crippen molar-refractivity contribution in [1.82, 2.24) is 0 Å². The van der Waals surface area contributed by atoms with Crippen molar-refractivity contribution in [3.63, 3.8) is 0 Å². The number of methoxy groups -OCH3 is 1. The molecule has 1 atom stereocenters. The van der Waals surface area contributed by atoms with E-state index >= 15 is 0 Å². The first-order valence-electron chi connectivity index (χ1n) is 6.36. The SMILES string of the molecule is CCN(CCOC)c1ccc(CC(C)N)c(Cl)c1. The van der Waals surface area contributed by atoms with Crippen LogP contribution >= 0.6 is 11.6 Å². The van der Waals surface area contributed by atoms with Gasteiger partial charge in [-0.15, -0.1) is 0 Å². The number of anilines is 1. The van der Waals surface area contributed by atoms with E-state index in [-0.39, 0.29) is 6.04 Å². The number of hydrogen-bond acceptors (Lipinski definition) is 3. The van der Waals surface area contributed by atoms with Gasteiger partial charge in [-0.05, 0) is 38.0 Å². The standard InChI is InChI=1S/C14H23ClN2O/c1-4-17(7-8-18-3)13-6-5-12(9-11(2)16)14(15)10-13/h5-6,10-11H,4,7-9,16H2,1-3H3. The monoisotopic (exact) mass is 270 g/mol. The van der Waals surface area contributed by atoms with Gasteiger partial charge in [-0.3, -0.25) is 0 Å². The highest BCUT2D eigenvalue weighted by Gasteiger charge is 2.08. The van der Waals surface area contributed by atoms with Gasteiger partial charge in [0.2, 0.25) is 0 Å². The van der Waals surface area contributed by atoms with Crippen molar-refractivity contribution >= 4 is 17.3 Å². The van der Waals surface area contributed by atoms with Gasteiger partial charge in [0, 0.05) is 37.0 Å². The highest BCUT2D eigenvalue weighted by molar-refractivity contribution is 6.31. The number of ether oxygens (including phenoxy) is 1. The molecular formula is C14H23ClN2O. The summed E-state index contributed by atoms with van der Waals surface area (Å²) in [5.74, 6) is 0. The van der Waals surface area contributed by atoms with Crippen LogP contribution in [0.5, 0.6) is 0 Å². The quantitative estimate of drug-likeness (QED) is 0.828. The van der Waals surface area contributed by atoms with Crippen molar-refractivity contribution in [3.8, 4) is 0 Å². The molecule has 0 aliphatic rings. The smallest absolute Gasteiger partial charge is 0.0637 e. The van der Waals surface area contributed by atoms with Crippen LogP contribution in [0.4, 0.5) is 5.69 Å². The molecule has 0 amide bonds. The Labute approximate surface area is 115 Å². The van der Waals surface area contributed by atoms with E-state index in [0.717, 1.165) is 35.8 Å². The Morgan fingerprint density at radius 2 is 2.17 bits per heavy atom. The molecular weight excluding hydrogens is 248 g/mol. The lowest BCUT2D eigenvalue weighted by molar-refractivity contribution is 0.205. The van der Waals surface area contributed by atoms with Crippen LogP contribution in [-0.2, 0) is 11.2 Å². The summed E-state index contributed by atoms with van der Waals surface area (Å²) < 4.78 is 5.11. The Morgan fingerprint density at radius 3 is 2.67 bits per heavy atom. The van der Waals surface area contributed by atoms with Crippen molar-refractivity contribution in [2.45, 2.75) is 26.3 Å². The van der Waals surface area contributed by atoms with E-state index in [1.165, 1.54) is 0 Å². The fourth-order valence-corrected chi connectivity index (χ4v) is 2.17. The summed E-state index contributed by atoms with van der Waals surface area (Å²) in [6.45, 7) is 6.63. The zero-order valence-electron chi connectivity index (χ0n) is 11.4. The normalized spacial score (nSPS) is 12.5. The summed E-state index contributed by atoms with van der Waals surface area (Å²) in [6, 6.07) is 6.31. The van der Waals surface area contributed by atoms with Crippen molar-refractivity contribution in [2.75, 3.05) is 31.7 Å². The van der Waals surface area contributed by atoms with Gasteiger partial charge in [-0.25, -0.2) is 0 Å². The summed E-state index contributed by atoms with van der Waals surface area (Å²) in [4.78, 5) is 2.24. The largest absolute Gasteiger partial charge is 0.383 e. The summed E-state index contributed by atoms with van der Waals surface area (Å²) in [7, 11) is 1.71. The predicted octanol–water partition coefficient (Wildman–Crippen LogP) is 2.70. The zero-order valence-corrected chi connectivity index (χ0v) is 12.2. The van der Waals surface area contributed by atoms with Crippen LogP contribution in [0.25, 0.3) is 0 Å². The molecule has 0 aromatic heterocycles. The van der Waals surface area contributed by atoms with Crippen LogP contribution in [-0.4, -0.2) is 32.8 Å². The van der Waals surface area contributed by atoms with Crippen molar-refractivity contribution in [2.24, 2.45) is 5.73 Å². The molecule has 102 valence electrons. The molecule has 1 aromatic rings. The minimum Gasteiger partial charge on any atom is -0.383 e. The maximum absolute atomic E-state index is 6.30. The first-order valence-corrected chi connectivity index (χ1v) is 6.74. The molecule has 1 rings (SSSR count). The van der Waals surface area contributed by atoms with E-state index in [1.807, 2.05) is 13.0 Å². The van der Waals surface area contributed by atoms with Gasteiger partial charge in [0.25, 0.3) is 0 Å². The van der Waals surface area contributed by atoms with Gasteiger partial charge in [-0.2, -0.15) is 0 Å². The number of halogens is 1. The second kappa shape index (κ2) is 7.62. The number of nitrogens with zero attached hydrogens (tertiary/aromatic N) is 1. The van der Waals surface area contributed by atoms with Gasteiger partial charge < -0.3 is 15.4 Å². The molecule has 0 spiro atoms. The van der Waals surface area contributed by atoms with Crippen LogP contribution in [0.1, 0.15) is 19.4 Å². The molecule has 1 unspecified atom stereocenters. The molecule has 0 aliphatic heterocycles. The third kappa shape index (κ3) is 4.48. The van der Waals surface area contributed by atoms with E-state index < -0.39 is 0 Å². The minimum atomic E-state index is 0.129. The Hall–Kier alpha value is -0.770. The van der Waals surface area contributed by atoms with E-state index in [9.17, 15) is 0 Å². The molecule has 0 saturated heterocycles. The summed E-state index contributed by atoms with van der Waals surface area (Å²) in [5, 5.41) is 0.792. The van der Waals surface area contributed by atoms with Gasteiger partial charge in [0.1, 0.15) is 0 Å². The average molecular weight is 271 g/mol. The first-order chi connectivity index (χ1) is 8.58. The van der Waals surface area contributed by atoms with Gasteiger partial charge in [-0.1, -0.05) is 17.7 Å². The third-order valence-corrected chi connectivity index (χ3v) is 3.24. The highest BCUT2D eigenvalue weighted by Crippen LogP contribution is 2.24. The highest BCUT2D eigenvalue weighted by atomic mass is 35.5. The third-order valence-electron chi connectivity index (χ3n) is 2.89. The van der Waals surface area contributed by atoms with Crippen molar-refractivity contribution < 1.29 is 4.74 Å². The van der Waals surface area contributed by atoms with Gasteiger partial charge in [0.05, 0.1) is 6.61 Å². The Bertz CT molecular complexity index is 369. The molecule has 18 heavy (non-hydrogen) atoms. The maximum atomic E-state index is 6.30. The van der Waals surface area contributed by atoms with Crippen LogP contribution < -0.4 is 10.6 Å². The summed E-state index contributed by atoms with van der Waals surface area (Å²) in [6.07, 6.45) is 0.809. The van der Waals surface area contributed by atoms with E-state index in [0.29, 0.717) is 6.61 Å². The molecule has 0 fully saturated rings. The number of likely N-dealkylation sites (N-methyl/N-ethyl adjacent to an activating group) is 1. The predicted molar refractivity (Wildman–Crippen MR) is 78.6 cm³/mol. The summed E-state index contributed by atoms with van der Waals surface area (Å²) in [5.41, 5.74) is 8.04. The molecule has 0 saturated carbocycles. The Balaban J connectivity index is 2.81. The lowest BCUT2D eigenvalue weighted by Crippen LogP contribution is -2.26. The van der Waals surface area contributed by atoms with E-state index in [4.69, 9.17) is 22.1 Å². The first kappa shape index (κ1) is 15.3. The molecule has 4 heteroatoms. The molecule has 2 N–H and O–H groups in total. The van der Waals surface area contributed by atoms with Gasteiger partial charge >= 0.3 is 0 Å². The zero-order chi connectivity index (χ0) is 13.5. The molecule has 0 radical (unpaired) electrons. The fraction of sp³-hybridized carbons (Fsp3) is 0.571. The molecule has 1 aromatic carbocycles. The van der Waals surface area contributed by atoms with E-state index in [2.05, 4.69) is 24.0 Å². The topological polar surface area (TPSA) is 38.5 Å².